The van der Waals surface area contributed by atoms with Crippen molar-refractivity contribution in [3.05, 3.63) is 11.9 Å². The molecule has 1 aliphatic heterocycles. The molecule has 3 atom stereocenters. The molecule has 0 N–H and O–H groups in total. The highest BCUT2D eigenvalue weighted by atomic mass is 32.3. The van der Waals surface area contributed by atoms with Crippen LogP contribution in [0.3, 0.4) is 0 Å². The molecule has 7 heteroatoms. The number of nitrogens with zero attached hydrogens (tertiary/aromatic N) is 1. The minimum absolute atomic E-state index is 0.0372. The Labute approximate surface area is 85.8 Å². The van der Waals surface area contributed by atoms with E-state index in [4.69, 9.17) is 0 Å². The summed E-state index contributed by atoms with van der Waals surface area (Å²) >= 11 is 0. The molecule has 0 saturated heterocycles. The van der Waals surface area contributed by atoms with Gasteiger partial charge < -0.3 is 4.90 Å². The van der Waals surface area contributed by atoms with Gasteiger partial charge >= 0.3 is 10.2 Å². The number of carbonyl (C=O) groups is 1. The SMILES string of the molecule is CN1C(=O)C(F)=C[C@@H]2[C@H]1C[C@H]2S(=O)(=O)F. The Morgan fingerprint density at radius 2 is 2.13 bits per heavy atom. The van der Waals surface area contributed by atoms with Gasteiger partial charge in [-0.2, -0.15) is 8.42 Å². The third-order valence-electron chi connectivity index (χ3n) is 3.07. The number of hydrogen-bond acceptors (Lipinski definition) is 3. The van der Waals surface area contributed by atoms with Crippen LogP contribution in [0.15, 0.2) is 11.9 Å². The summed E-state index contributed by atoms with van der Waals surface area (Å²) in [6.45, 7) is 0. The molecule has 2 rings (SSSR count). The van der Waals surface area contributed by atoms with Crippen LogP contribution in [0.2, 0.25) is 0 Å². The van der Waals surface area contributed by atoms with Gasteiger partial charge in [0.05, 0.1) is 0 Å². The number of halogens is 2. The third kappa shape index (κ3) is 1.45. The van der Waals surface area contributed by atoms with Gasteiger partial charge in [-0.25, -0.2) is 4.39 Å². The molecule has 1 amide bonds. The van der Waals surface area contributed by atoms with E-state index in [0.717, 1.165) is 11.0 Å². The van der Waals surface area contributed by atoms with Crippen LogP contribution < -0.4 is 0 Å². The molecule has 2 aliphatic rings. The van der Waals surface area contributed by atoms with Crippen LogP contribution >= 0.6 is 0 Å². The summed E-state index contributed by atoms with van der Waals surface area (Å²) in [4.78, 5) is 12.2. The number of likely N-dealkylation sites (N-methyl/N-ethyl adjacent to an activating group) is 1. The molecule has 0 aromatic rings. The average Bonchev–Trinajstić information content (AvgIpc) is 2.06. The van der Waals surface area contributed by atoms with Crippen LogP contribution in [0.5, 0.6) is 0 Å². The van der Waals surface area contributed by atoms with Crippen LogP contribution in [0.25, 0.3) is 0 Å². The van der Waals surface area contributed by atoms with Crippen molar-refractivity contribution < 1.29 is 21.5 Å². The zero-order chi connectivity index (χ0) is 11.4. The van der Waals surface area contributed by atoms with Crippen molar-refractivity contribution in [1.29, 1.82) is 0 Å². The van der Waals surface area contributed by atoms with Gasteiger partial charge in [0, 0.05) is 19.0 Å². The lowest BCUT2D eigenvalue weighted by atomic mass is 9.76. The van der Waals surface area contributed by atoms with Crippen molar-refractivity contribution in [3.8, 4) is 0 Å². The predicted octanol–water partition coefficient (Wildman–Crippen LogP) is 0.368. The molecule has 0 aromatic heterocycles. The molecule has 1 saturated carbocycles. The largest absolute Gasteiger partial charge is 0.336 e. The first-order valence-corrected chi connectivity index (χ1v) is 5.85. The molecule has 0 bridgehead atoms. The lowest BCUT2D eigenvalue weighted by molar-refractivity contribution is -0.133. The minimum Gasteiger partial charge on any atom is -0.336 e. The molecule has 0 unspecified atom stereocenters. The van der Waals surface area contributed by atoms with E-state index in [0.29, 0.717) is 0 Å². The number of hydrogen-bond donors (Lipinski definition) is 0. The van der Waals surface area contributed by atoms with E-state index in [9.17, 15) is 21.5 Å². The molecule has 1 heterocycles. The van der Waals surface area contributed by atoms with E-state index in [1.165, 1.54) is 7.05 Å². The van der Waals surface area contributed by atoms with Gasteiger partial charge in [-0.15, -0.1) is 3.89 Å². The van der Waals surface area contributed by atoms with Gasteiger partial charge in [0.1, 0.15) is 5.25 Å². The second-order valence-electron chi connectivity index (χ2n) is 3.83. The van der Waals surface area contributed by atoms with Gasteiger partial charge in [0.2, 0.25) is 0 Å². The minimum atomic E-state index is -4.65. The molecule has 0 spiro atoms. The van der Waals surface area contributed by atoms with Crippen LogP contribution in [0.1, 0.15) is 6.42 Å². The van der Waals surface area contributed by atoms with Crippen molar-refractivity contribution in [2.24, 2.45) is 5.92 Å². The molecular weight excluding hydrogens is 228 g/mol. The molecule has 0 radical (unpaired) electrons. The molecule has 0 aromatic carbocycles. The number of fused-ring (bicyclic) bond motifs is 1. The van der Waals surface area contributed by atoms with E-state index in [2.05, 4.69) is 0 Å². The fourth-order valence-corrected chi connectivity index (χ4v) is 3.16. The summed E-state index contributed by atoms with van der Waals surface area (Å²) in [5, 5.41) is -1.20. The Balaban J connectivity index is 2.31. The fraction of sp³-hybridized carbons (Fsp3) is 0.625. The van der Waals surface area contributed by atoms with Crippen molar-refractivity contribution >= 4 is 16.1 Å². The predicted molar refractivity (Wildman–Crippen MR) is 47.7 cm³/mol. The Kier molecular flexibility index (Phi) is 2.11. The quantitative estimate of drug-likeness (QED) is 0.619. The lowest BCUT2D eigenvalue weighted by Crippen LogP contribution is -2.59. The first-order valence-electron chi connectivity index (χ1n) is 4.40. The first-order chi connectivity index (χ1) is 6.82. The highest BCUT2D eigenvalue weighted by molar-refractivity contribution is 7.87. The smallest absolute Gasteiger partial charge is 0.306 e. The number of amides is 1. The summed E-state index contributed by atoms with van der Waals surface area (Å²) in [6.07, 6.45) is 0.952. The maximum absolute atomic E-state index is 13.0. The zero-order valence-corrected chi connectivity index (χ0v) is 8.67. The second-order valence-corrected chi connectivity index (χ2v) is 5.38. The second kappa shape index (κ2) is 3.01. The highest BCUT2D eigenvalue weighted by Crippen LogP contribution is 2.42. The van der Waals surface area contributed by atoms with E-state index < -0.39 is 39.2 Å². The van der Waals surface area contributed by atoms with Gasteiger partial charge in [0.15, 0.2) is 5.83 Å². The molecule has 1 aliphatic carbocycles. The monoisotopic (exact) mass is 237 g/mol. The Bertz CT molecular complexity index is 445. The maximum atomic E-state index is 13.0. The highest BCUT2D eigenvalue weighted by Gasteiger charge is 2.53. The Morgan fingerprint density at radius 1 is 1.53 bits per heavy atom. The van der Waals surface area contributed by atoms with E-state index in [1.54, 1.807) is 0 Å². The van der Waals surface area contributed by atoms with E-state index in [1.807, 2.05) is 0 Å². The van der Waals surface area contributed by atoms with Gasteiger partial charge in [0.25, 0.3) is 5.91 Å². The Hall–Kier alpha value is -0.980. The van der Waals surface area contributed by atoms with E-state index in [-0.39, 0.29) is 6.42 Å². The maximum Gasteiger partial charge on any atom is 0.306 e. The standard InChI is InChI=1S/C8H9F2NO3S/c1-11-6-3-7(15(10,13)14)4(6)2-5(9)8(11)12/h2,4,6-7H,3H2,1H3/t4-,6-,7-/m1/s1. The average molecular weight is 237 g/mol. The van der Waals surface area contributed by atoms with Crippen molar-refractivity contribution in [2.45, 2.75) is 17.7 Å². The molecule has 15 heavy (non-hydrogen) atoms. The molecular formula is C8H9F2NO3S. The van der Waals surface area contributed by atoms with Crippen LogP contribution in [0.4, 0.5) is 8.28 Å². The summed E-state index contributed by atoms with van der Waals surface area (Å²) in [5.74, 6) is -2.53. The summed E-state index contributed by atoms with van der Waals surface area (Å²) in [6, 6.07) is -0.396. The number of rotatable bonds is 1. The molecule has 4 nitrogen and oxygen atoms in total. The molecule has 84 valence electrons. The fourth-order valence-electron chi connectivity index (χ4n) is 2.10. The zero-order valence-electron chi connectivity index (χ0n) is 7.85. The van der Waals surface area contributed by atoms with Crippen LogP contribution in [-0.2, 0) is 15.0 Å². The normalized spacial score (nSPS) is 35.7. The lowest BCUT2D eigenvalue weighted by Gasteiger charge is -2.47. The number of carbonyl (C=O) groups excluding carboxylic acids is 1. The third-order valence-corrected chi connectivity index (χ3v) is 4.30. The van der Waals surface area contributed by atoms with Crippen molar-refractivity contribution in [2.75, 3.05) is 7.05 Å². The van der Waals surface area contributed by atoms with Crippen molar-refractivity contribution in [3.63, 3.8) is 0 Å². The summed E-state index contributed by atoms with van der Waals surface area (Å²) in [5.41, 5.74) is 0. The topological polar surface area (TPSA) is 54.5 Å². The van der Waals surface area contributed by atoms with E-state index >= 15 is 0 Å². The van der Waals surface area contributed by atoms with Crippen LogP contribution in [-0.4, -0.2) is 37.6 Å². The van der Waals surface area contributed by atoms with Gasteiger partial charge in [-0.1, -0.05) is 0 Å². The molecule has 1 fully saturated rings. The Morgan fingerprint density at radius 3 is 2.67 bits per heavy atom. The summed E-state index contributed by atoms with van der Waals surface area (Å²) in [7, 11) is -3.27. The van der Waals surface area contributed by atoms with Crippen LogP contribution in [0, 0.1) is 5.92 Å². The van der Waals surface area contributed by atoms with Gasteiger partial charge in [-0.05, 0) is 12.5 Å². The van der Waals surface area contributed by atoms with Gasteiger partial charge in [-0.3, -0.25) is 4.79 Å². The first kappa shape index (κ1) is 10.5. The summed E-state index contributed by atoms with van der Waals surface area (Å²) < 4.78 is 47.0. The van der Waals surface area contributed by atoms with Crippen molar-refractivity contribution in [1.82, 2.24) is 4.90 Å².